The molecular formula is C19H24N2O6. The first-order valence-corrected chi connectivity index (χ1v) is 8.60. The standard InChI is InChI=1S/C19H24N2O6/c1-19(2,3)27-16(20-11-22)10-26-14-6-5-12-7-13(8-17(23)25-4)18(24)21-15(12)9-14/h5-6,9,13,16H,7-8,10H2,1-4H3,(H,21,24). The molecule has 0 bridgehead atoms. The van der Waals surface area contributed by atoms with Crippen molar-refractivity contribution in [2.75, 3.05) is 19.0 Å². The van der Waals surface area contributed by atoms with E-state index in [4.69, 9.17) is 9.47 Å². The fraction of sp³-hybridized carbons (Fsp3) is 0.526. The van der Waals surface area contributed by atoms with E-state index in [-0.39, 0.29) is 18.9 Å². The number of carbonyl (C=O) groups excluding carboxylic acids is 3. The number of rotatable bonds is 7. The lowest BCUT2D eigenvalue weighted by Crippen LogP contribution is -2.32. The largest absolute Gasteiger partial charge is 0.489 e. The van der Waals surface area contributed by atoms with E-state index in [0.29, 0.717) is 17.9 Å². The molecule has 1 aliphatic heterocycles. The maximum atomic E-state index is 12.2. The van der Waals surface area contributed by atoms with E-state index in [1.807, 2.05) is 26.8 Å². The van der Waals surface area contributed by atoms with Gasteiger partial charge in [-0.25, -0.2) is 4.79 Å². The molecule has 0 saturated heterocycles. The second kappa shape index (κ2) is 8.79. The number of benzene rings is 1. The van der Waals surface area contributed by atoms with Crippen molar-refractivity contribution in [1.82, 2.24) is 0 Å². The Morgan fingerprint density at radius 1 is 1.41 bits per heavy atom. The normalized spacial score (nSPS) is 17.2. The van der Waals surface area contributed by atoms with Crippen LogP contribution in [0.1, 0.15) is 32.8 Å². The number of isocyanates is 1. The number of esters is 1. The lowest BCUT2D eigenvalue weighted by Gasteiger charge is -2.25. The van der Waals surface area contributed by atoms with E-state index in [1.165, 1.54) is 13.2 Å². The molecule has 2 rings (SSSR count). The van der Waals surface area contributed by atoms with Crippen LogP contribution in [0.2, 0.25) is 0 Å². The van der Waals surface area contributed by atoms with Gasteiger partial charge in [0.25, 0.3) is 0 Å². The first-order valence-electron chi connectivity index (χ1n) is 8.60. The summed E-state index contributed by atoms with van der Waals surface area (Å²) in [5, 5.41) is 2.79. The number of amides is 1. The Labute approximate surface area is 157 Å². The molecule has 0 saturated carbocycles. The van der Waals surface area contributed by atoms with Gasteiger partial charge in [0.2, 0.25) is 12.0 Å². The van der Waals surface area contributed by atoms with Crippen molar-refractivity contribution in [3.63, 3.8) is 0 Å². The van der Waals surface area contributed by atoms with E-state index in [1.54, 1.807) is 12.1 Å². The van der Waals surface area contributed by atoms with Crippen LogP contribution in [0.15, 0.2) is 23.2 Å². The molecule has 0 aromatic heterocycles. The Morgan fingerprint density at radius 3 is 2.78 bits per heavy atom. The SMILES string of the molecule is COC(=O)CC1Cc2ccc(OCC(N=C=O)OC(C)(C)C)cc2NC1=O. The van der Waals surface area contributed by atoms with Gasteiger partial charge in [0.1, 0.15) is 12.4 Å². The number of carbonyl (C=O) groups is 2. The fourth-order valence-electron chi connectivity index (χ4n) is 2.71. The monoisotopic (exact) mass is 376 g/mol. The van der Waals surface area contributed by atoms with Crippen LogP contribution in [-0.4, -0.2) is 43.5 Å². The summed E-state index contributed by atoms with van der Waals surface area (Å²) in [4.78, 5) is 37.8. The van der Waals surface area contributed by atoms with Crippen molar-refractivity contribution in [1.29, 1.82) is 0 Å². The molecule has 2 atom stereocenters. The third-order valence-corrected chi connectivity index (χ3v) is 3.90. The van der Waals surface area contributed by atoms with Crippen LogP contribution in [0.25, 0.3) is 0 Å². The third kappa shape index (κ3) is 6.20. The molecule has 0 radical (unpaired) electrons. The highest BCUT2D eigenvalue weighted by Gasteiger charge is 2.29. The van der Waals surface area contributed by atoms with Crippen LogP contribution in [0.3, 0.4) is 0 Å². The zero-order valence-electron chi connectivity index (χ0n) is 15.9. The van der Waals surface area contributed by atoms with Gasteiger partial charge in [-0.05, 0) is 38.8 Å². The van der Waals surface area contributed by atoms with Crippen LogP contribution in [0.4, 0.5) is 5.69 Å². The van der Waals surface area contributed by atoms with Gasteiger partial charge in [0, 0.05) is 11.8 Å². The van der Waals surface area contributed by atoms with E-state index in [0.717, 1.165) is 5.56 Å². The highest BCUT2D eigenvalue weighted by Crippen LogP contribution is 2.31. The lowest BCUT2D eigenvalue weighted by molar-refractivity contribution is -0.143. The van der Waals surface area contributed by atoms with Crippen molar-refractivity contribution in [3.05, 3.63) is 23.8 Å². The van der Waals surface area contributed by atoms with Crippen LogP contribution in [0, 0.1) is 5.92 Å². The van der Waals surface area contributed by atoms with Crippen molar-refractivity contribution in [2.24, 2.45) is 10.9 Å². The average molecular weight is 376 g/mol. The number of nitrogens with zero attached hydrogens (tertiary/aromatic N) is 1. The summed E-state index contributed by atoms with van der Waals surface area (Å²) >= 11 is 0. The molecule has 1 aromatic rings. The zero-order valence-corrected chi connectivity index (χ0v) is 15.9. The molecule has 146 valence electrons. The molecule has 0 spiro atoms. The Balaban J connectivity index is 2.04. The second-order valence-corrected chi connectivity index (χ2v) is 7.21. The summed E-state index contributed by atoms with van der Waals surface area (Å²) in [6.45, 7) is 5.57. The smallest absolute Gasteiger partial charge is 0.306 e. The summed E-state index contributed by atoms with van der Waals surface area (Å²) in [5.74, 6) is -0.601. The number of hydrogen-bond acceptors (Lipinski definition) is 7. The van der Waals surface area contributed by atoms with E-state index in [2.05, 4.69) is 15.0 Å². The minimum atomic E-state index is -0.780. The molecule has 1 N–H and O–H groups in total. The van der Waals surface area contributed by atoms with Gasteiger partial charge in [-0.2, -0.15) is 4.99 Å². The minimum absolute atomic E-state index is 0.0320. The Kier molecular flexibility index (Phi) is 6.71. The van der Waals surface area contributed by atoms with E-state index in [9.17, 15) is 14.4 Å². The highest BCUT2D eigenvalue weighted by molar-refractivity contribution is 5.97. The summed E-state index contributed by atoms with van der Waals surface area (Å²) in [5.41, 5.74) is 1.04. The topological polar surface area (TPSA) is 103 Å². The lowest BCUT2D eigenvalue weighted by atomic mass is 9.90. The zero-order chi connectivity index (χ0) is 20.0. The third-order valence-electron chi connectivity index (χ3n) is 3.90. The molecule has 0 aliphatic carbocycles. The summed E-state index contributed by atoms with van der Waals surface area (Å²) in [6, 6.07) is 5.28. The summed E-state index contributed by atoms with van der Waals surface area (Å²) < 4.78 is 15.9. The van der Waals surface area contributed by atoms with Crippen LogP contribution >= 0.6 is 0 Å². The van der Waals surface area contributed by atoms with Crippen molar-refractivity contribution in [3.8, 4) is 5.75 Å². The number of methoxy groups -OCH3 is 1. The quantitative estimate of drug-likeness (QED) is 0.445. The molecular weight excluding hydrogens is 352 g/mol. The van der Waals surface area contributed by atoms with Gasteiger partial charge < -0.3 is 19.5 Å². The van der Waals surface area contributed by atoms with E-state index >= 15 is 0 Å². The van der Waals surface area contributed by atoms with Crippen LogP contribution < -0.4 is 10.1 Å². The number of nitrogens with one attached hydrogen (secondary N) is 1. The Hall–Kier alpha value is -2.70. The molecule has 0 fully saturated rings. The number of anilines is 1. The molecule has 27 heavy (non-hydrogen) atoms. The Bertz CT molecular complexity index is 749. The predicted molar refractivity (Wildman–Crippen MR) is 97.1 cm³/mol. The molecule has 1 aromatic carbocycles. The molecule has 1 heterocycles. The second-order valence-electron chi connectivity index (χ2n) is 7.21. The molecule has 8 heteroatoms. The van der Waals surface area contributed by atoms with Gasteiger partial charge in [0.15, 0.2) is 6.23 Å². The average Bonchev–Trinajstić information content (AvgIpc) is 2.59. The van der Waals surface area contributed by atoms with Crippen LogP contribution in [-0.2, 0) is 30.3 Å². The van der Waals surface area contributed by atoms with Crippen molar-refractivity contribution < 1.29 is 28.6 Å². The fourth-order valence-corrected chi connectivity index (χ4v) is 2.71. The van der Waals surface area contributed by atoms with Crippen LogP contribution in [0.5, 0.6) is 5.75 Å². The number of hydrogen-bond donors (Lipinski definition) is 1. The summed E-state index contributed by atoms with van der Waals surface area (Å²) in [6.07, 6.45) is 1.19. The maximum absolute atomic E-state index is 12.2. The molecule has 1 amide bonds. The van der Waals surface area contributed by atoms with E-state index < -0.39 is 23.7 Å². The van der Waals surface area contributed by atoms with Crippen molar-refractivity contribution >= 4 is 23.6 Å². The van der Waals surface area contributed by atoms with Gasteiger partial charge in [0.05, 0.1) is 25.0 Å². The summed E-state index contributed by atoms with van der Waals surface area (Å²) in [7, 11) is 1.30. The first-order chi connectivity index (χ1) is 12.7. The highest BCUT2D eigenvalue weighted by atomic mass is 16.6. The molecule has 2 unspecified atom stereocenters. The van der Waals surface area contributed by atoms with Gasteiger partial charge in [-0.15, -0.1) is 0 Å². The van der Waals surface area contributed by atoms with Gasteiger partial charge in [-0.1, -0.05) is 6.07 Å². The number of fused-ring (bicyclic) bond motifs is 1. The molecule has 1 aliphatic rings. The first kappa shape index (κ1) is 20.6. The number of aliphatic imine (C=N–C) groups is 1. The number of ether oxygens (including phenoxy) is 3. The maximum Gasteiger partial charge on any atom is 0.306 e. The van der Waals surface area contributed by atoms with Crippen molar-refractivity contribution in [2.45, 2.75) is 45.4 Å². The van der Waals surface area contributed by atoms with Gasteiger partial charge >= 0.3 is 5.97 Å². The molecule has 8 nitrogen and oxygen atoms in total. The minimum Gasteiger partial charge on any atom is -0.489 e. The van der Waals surface area contributed by atoms with Gasteiger partial charge in [-0.3, -0.25) is 9.59 Å². The Morgan fingerprint density at radius 2 is 2.15 bits per heavy atom. The predicted octanol–water partition coefficient (Wildman–Crippen LogP) is 2.22.